The molecule has 61 heavy (non-hydrogen) atoms. The van der Waals surface area contributed by atoms with Gasteiger partial charge < -0.3 is 33.5 Å². The number of esters is 6. The maximum atomic E-state index is 12.4. The Balaban J connectivity index is 0.000000140. The van der Waals surface area contributed by atoms with E-state index < -0.39 is 64.0 Å². The minimum Gasteiger partial charge on any atom is -0.459 e. The molecule has 8 bridgehead atoms. The first-order valence-corrected chi connectivity index (χ1v) is 22.8. The first-order chi connectivity index (χ1) is 28.4. The number of nitrogens with zero attached hydrogens (tertiary/aromatic N) is 1. The van der Waals surface area contributed by atoms with Gasteiger partial charge in [0, 0.05) is 30.1 Å². The van der Waals surface area contributed by atoms with Crippen LogP contribution in [0.4, 0.5) is 0 Å². The van der Waals surface area contributed by atoms with E-state index in [1.54, 1.807) is 13.8 Å². The van der Waals surface area contributed by atoms with Crippen molar-refractivity contribution in [1.82, 2.24) is 0 Å². The Labute approximate surface area is 359 Å². The molecule has 12 atom stereocenters. The Bertz CT molecular complexity index is 1830. The standard InChI is InChI=1S/C17H21NO6.C16H26O3.C14H20O4/c1-4-16(2,3)14(20)22-7-11(19)23-12-9-5-10-13(12)24-15(21)17(10,6-9)8-18;1-4-14(2,3)13(17)19-16-8-11-5-12(9-16)7-15(18,6-11)10-16;1-4-14(2,3)13(16)18-10-7-5-8-9(6-7)12(15)17-11(8)10/h9-10,12-13H,4-7H2,1-3H3;11-12,18H,4-10H2,1-3H3;7-11H,4-6H2,1-3H3. The molecule has 10 fully saturated rings. The summed E-state index contributed by atoms with van der Waals surface area (Å²) in [5.74, 6) is -0.387. The lowest BCUT2D eigenvalue weighted by Gasteiger charge is -2.59. The summed E-state index contributed by atoms with van der Waals surface area (Å²) in [5.41, 5.74) is -3.49. The molecule has 8 saturated carbocycles. The molecule has 0 aromatic carbocycles. The maximum absolute atomic E-state index is 12.4. The minimum absolute atomic E-state index is 0.0576. The first kappa shape index (κ1) is 45.3. The molecule has 0 spiro atoms. The summed E-state index contributed by atoms with van der Waals surface area (Å²) in [5, 5.41) is 20.0. The van der Waals surface area contributed by atoms with Gasteiger partial charge >= 0.3 is 35.8 Å². The second-order valence-corrected chi connectivity index (χ2v) is 22.0. The summed E-state index contributed by atoms with van der Waals surface area (Å²) in [6, 6.07) is 2.10. The molecule has 14 heteroatoms. The second kappa shape index (κ2) is 15.8. The fourth-order valence-corrected chi connectivity index (χ4v) is 12.2. The highest BCUT2D eigenvalue weighted by molar-refractivity contribution is 5.85. The van der Waals surface area contributed by atoms with Crippen molar-refractivity contribution < 1.29 is 62.3 Å². The zero-order chi connectivity index (χ0) is 44.7. The molecule has 10 aliphatic rings. The van der Waals surface area contributed by atoms with Gasteiger partial charge in [0.15, 0.2) is 12.0 Å². The number of carbonyl (C=O) groups excluding carboxylic acids is 6. The molecule has 2 heterocycles. The fourth-order valence-electron chi connectivity index (χ4n) is 12.2. The fraction of sp³-hybridized carbons (Fsp3) is 0.851. The Hall–Kier alpha value is -3.73. The predicted molar refractivity (Wildman–Crippen MR) is 215 cm³/mol. The van der Waals surface area contributed by atoms with Crippen molar-refractivity contribution in [3.8, 4) is 6.07 Å². The summed E-state index contributed by atoms with van der Waals surface area (Å²) < 4.78 is 32.7. The van der Waals surface area contributed by atoms with E-state index in [1.165, 1.54) is 6.42 Å². The third-order valence-electron chi connectivity index (χ3n) is 16.6. The van der Waals surface area contributed by atoms with E-state index in [9.17, 15) is 39.1 Å². The van der Waals surface area contributed by atoms with Crippen molar-refractivity contribution >= 4 is 35.8 Å². The predicted octanol–water partition coefficient (Wildman–Crippen LogP) is 6.32. The van der Waals surface area contributed by atoms with Gasteiger partial charge in [-0.3, -0.25) is 24.0 Å². The number of hydrogen-bond acceptors (Lipinski definition) is 14. The Morgan fingerprint density at radius 2 is 1.33 bits per heavy atom. The zero-order valence-corrected chi connectivity index (χ0v) is 37.5. The van der Waals surface area contributed by atoms with Crippen molar-refractivity contribution in [3.05, 3.63) is 0 Å². The van der Waals surface area contributed by atoms with Gasteiger partial charge in [0.25, 0.3) is 0 Å². The van der Waals surface area contributed by atoms with E-state index in [2.05, 4.69) is 6.07 Å². The summed E-state index contributed by atoms with van der Waals surface area (Å²) in [6.07, 6.45) is 9.15. The molecule has 1 N–H and O–H groups in total. The van der Waals surface area contributed by atoms with Gasteiger partial charge in [-0.1, -0.05) is 20.8 Å². The summed E-state index contributed by atoms with van der Waals surface area (Å²) >= 11 is 0. The Kier molecular flexibility index (Phi) is 11.7. The lowest BCUT2D eigenvalue weighted by Crippen LogP contribution is -2.61. The van der Waals surface area contributed by atoms with Gasteiger partial charge in [-0.05, 0) is 130 Å². The maximum Gasteiger partial charge on any atom is 0.344 e. The van der Waals surface area contributed by atoms with Crippen LogP contribution in [0.5, 0.6) is 0 Å². The van der Waals surface area contributed by atoms with Gasteiger partial charge in [0.1, 0.15) is 30.0 Å². The number of fused-ring (bicyclic) bond motifs is 2. The summed E-state index contributed by atoms with van der Waals surface area (Å²) in [4.78, 5) is 72.0. The van der Waals surface area contributed by atoms with E-state index in [0.29, 0.717) is 49.4 Å². The highest BCUT2D eigenvalue weighted by atomic mass is 16.6. The molecular weight excluding hydrogens is 787 g/mol. The number of aliphatic hydroxyl groups is 1. The van der Waals surface area contributed by atoms with Crippen LogP contribution in [-0.4, -0.2) is 83.1 Å². The van der Waals surface area contributed by atoms with E-state index in [1.807, 2.05) is 48.5 Å². The van der Waals surface area contributed by atoms with Crippen LogP contribution in [0.1, 0.15) is 146 Å². The molecule has 2 saturated heterocycles. The number of ether oxygens (including phenoxy) is 6. The third-order valence-corrected chi connectivity index (χ3v) is 16.6. The van der Waals surface area contributed by atoms with Gasteiger partial charge in [-0.2, -0.15) is 5.26 Å². The van der Waals surface area contributed by atoms with Gasteiger partial charge in [0.05, 0.1) is 33.8 Å². The number of carbonyl (C=O) groups is 6. The van der Waals surface area contributed by atoms with Crippen LogP contribution < -0.4 is 0 Å². The van der Waals surface area contributed by atoms with Crippen LogP contribution in [0.2, 0.25) is 0 Å². The van der Waals surface area contributed by atoms with E-state index in [4.69, 9.17) is 28.4 Å². The minimum atomic E-state index is -1.06. The quantitative estimate of drug-likeness (QED) is 0.179. The summed E-state index contributed by atoms with van der Waals surface area (Å²) in [7, 11) is 0. The molecule has 0 radical (unpaired) electrons. The summed E-state index contributed by atoms with van der Waals surface area (Å²) in [6.45, 7) is 16.6. The average molecular weight is 854 g/mol. The van der Waals surface area contributed by atoms with Crippen LogP contribution in [0.25, 0.3) is 0 Å². The topological polar surface area (TPSA) is 202 Å². The van der Waals surface area contributed by atoms with E-state index >= 15 is 0 Å². The average Bonchev–Trinajstić information content (AvgIpc) is 4.01. The first-order valence-electron chi connectivity index (χ1n) is 22.8. The van der Waals surface area contributed by atoms with Gasteiger partial charge in [0.2, 0.25) is 0 Å². The highest BCUT2D eigenvalue weighted by Crippen LogP contribution is 2.62. The molecule has 10 rings (SSSR count). The SMILES string of the molecule is CCC(C)(C)C(=O)OC12CC3CC(CC(O)(C3)C1)C2.CCC(C)(C)C(=O)OC1C2CC3C(=O)OC1C3C2.CCC(C)(C)C(=O)OCC(=O)OC1C2CC3C1OC(=O)C3(C#N)C2. The Morgan fingerprint density at radius 1 is 0.738 bits per heavy atom. The Morgan fingerprint density at radius 3 is 1.92 bits per heavy atom. The molecular formula is C47H67NO13. The van der Waals surface area contributed by atoms with Crippen molar-refractivity contribution in [1.29, 1.82) is 5.26 Å². The van der Waals surface area contributed by atoms with Crippen molar-refractivity contribution in [2.24, 2.45) is 63.1 Å². The largest absolute Gasteiger partial charge is 0.459 e. The molecule has 12 unspecified atom stereocenters. The van der Waals surface area contributed by atoms with Crippen LogP contribution >= 0.6 is 0 Å². The third kappa shape index (κ3) is 8.07. The van der Waals surface area contributed by atoms with Gasteiger partial charge in [-0.25, -0.2) is 4.79 Å². The van der Waals surface area contributed by atoms with Crippen molar-refractivity contribution in [2.75, 3.05) is 6.61 Å². The van der Waals surface area contributed by atoms with Crippen LogP contribution in [0.15, 0.2) is 0 Å². The molecule has 0 amide bonds. The number of rotatable bonds is 11. The van der Waals surface area contributed by atoms with E-state index in [-0.39, 0.29) is 53.5 Å². The normalized spacial score (nSPS) is 40.2. The monoisotopic (exact) mass is 853 g/mol. The smallest absolute Gasteiger partial charge is 0.344 e. The van der Waals surface area contributed by atoms with Crippen molar-refractivity contribution in [2.45, 2.75) is 181 Å². The molecule has 14 nitrogen and oxygen atoms in total. The van der Waals surface area contributed by atoms with Gasteiger partial charge in [-0.15, -0.1) is 0 Å². The van der Waals surface area contributed by atoms with Crippen molar-refractivity contribution in [3.63, 3.8) is 0 Å². The molecule has 338 valence electrons. The second-order valence-electron chi connectivity index (χ2n) is 22.0. The number of nitriles is 1. The van der Waals surface area contributed by atoms with Crippen LogP contribution in [-0.2, 0) is 57.2 Å². The number of hydrogen-bond donors (Lipinski definition) is 1. The lowest BCUT2D eigenvalue weighted by atomic mass is 9.52. The van der Waals surface area contributed by atoms with E-state index in [0.717, 1.165) is 51.4 Å². The van der Waals surface area contributed by atoms with Crippen LogP contribution in [0.3, 0.4) is 0 Å². The lowest BCUT2D eigenvalue weighted by molar-refractivity contribution is -0.225. The molecule has 8 aliphatic carbocycles. The van der Waals surface area contributed by atoms with Crippen LogP contribution in [0, 0.1) is 74.4 Å². The molecule has 2 aliphatic heterocycles. The highest BCUT2D eigenvalue weighted by Gasteiger charge is 2.72. The molecule has 0 aromatic heterocycles. The zero-order valence-electron chi connectivity index (χ0n) is 37.5. The molecule has 0 aromatic rings.